The number of carbonyl (C=O) groups excluding carboxylic acids is 1. The lowest BCUT2D eigenvalue weighted by molar-refractivity contribution is -0.140. The van der Waals surface area contributed by atoms with E-state index in [1.54, 1.807) is 0 Å². The van der Waals surface area contributed by atoms with E-state index in [9.17, 15) is 4.79 Å². The standard InChI is InChI=1S/C12H16O2.H2O/c1-14-12(13)10-6-5-9-11-7-3-2-4-8-11;/h2-4,7-8H,5-6,9-10H2,1H3;1H2. The first-order valence-electron chi connectivity index (χ1n) is 4.93. The summed E-state index contributed by atoms with van der Waals surface area (Å²) in [5, 5.41) is 0. The quantitative estimate of drug-likeness (QED) is 0.549. The van der Waals surface area contributed by atoms with Crippen molar-refractivity contribution in [1.82, 2.24) is 0 Å². The van der Waals surface area contributed by atoms with Crippen molar-refractivity contribution in [3.63, 3.8) is 0 Å². The lowest BCUT2D eigenvalue weighted by Crippen LogP contribution is -1.99. The molecule has 0 saturated heterocycles. The predicted molar refractivity (Wildman–Crippen MR) is 59.6 cm³/mol. The Bertz CT molecular complexity index is 269. The number of ether oxygens (including phenoxy) is 1. The molecule has 1 aromatic carbocycles. The van der Waals surface area contributed by atoms with Crippen molar-refractivity contribution >= 4 is 5.97 Å². The molecule has 0 spiro atoms. The summed E-state index contributed by atoms with van der Waals surface area (Å²) in [5.41, 5.74) is 1.33. The molecule has 0 bridgehead atoms. The maximum Gasteiger partial charge on any atom is 0.305 e. The SMILES string of the molecule is COC(=O)CCCCc1ccccc1.O. The predicted octanol–water partition coefficient (Wildman–Crippen LogP) is 1.75. The molecular weight excluding hydrogens is 192 g/mol. The molecule has 0 atom stereocenters. The van der Waals surface area contributed by atoms with Gasteiger partial charge in [0.25, 0.3) is 0 Å². The first-order valence-corrected chi connectivity index (χ1v) is 4.93. The number of aryl methyl sites for hydroxylation is 1. The summed E-state index contributed by atoms with van der Waals surface area (Å²) in [6.07, 6.45) is 3.52. The molecule has 0 heterocycles. The van der Waals surface area contributed by atoms with E-state index in [2.05, 4.69) is 16.9 Å². The minimum Gasteiger partial charge on any atom is -0.469 e. The summed E-state index contributed by atoms with van der Waals surface area (Å²) in [6, 6.07) is 10.3. The summed E-state index contributed by atoms with van der Waals surface area (Å²) >= 11 is 0. The highest BCUT2D eigenvalue weighted by molar-refractivity contribution is 5.68. The molecule has 0 aliphatic heterocycles. The van der Waals surface area contributed by atoms with Gasteiger partial charge in [-0.25, -0.2) is 0 Å². The topological polar surface area (TPSA) is 57.8 Å². The summed E-state index contributed by atoms with van der Waals surface area (Å²) in [5.74, 6) is -0.113. The molecule has 0 unspecified atom stereocenters. The fourth-order valence-corrected chi connectivity index (χ4v) is 1.35. The highest BCUT2D eigenvalue weighted by Gasteiger charge is 1.99. The zero-order valence-corrected chi connectivity index (χ0v) is 9.03. The molecule has 0 amide bonds. The summed E-state index contributed by atoms with van der Waals surface area (Å²) < 4.78 is 4.56. The van der Waals surface area contributed by atoms with Crippen LogP contribution >= 0.6 is 0 Å². The summed E-state index contributed by atoms with van der Waals surface area (Å²) in [7, 11) is 1.43. The number of hydrogen-bond donors (Lipinski definition) is 0. The lowest BCUT2D eigenvalue weighted by atomic mass is 10.1. The fraction of sp³-hybridized carbons (Fsp3) is 0.417. The number of hydrogen-bond acceptors (Lipinski definition) is 2. The summed E-state index contributed by atoms with van der Waals surface area (Å²) in [4.78, 5) is 10.8. The molecule has 2 N–H and O–H groups in total. The van der Waals surface area contributed by atoms with Crippen molar-refractivity contribution in [2.75, 3.05) is 7.11 Å². The maximum atomic E-state index is 10.8. The third-order valence-electron chi connectivity index (χ3n) is 2.17. The normalized spacial score (nSPS) is 9.13. The van der Waals surface area contributed by atoms with Gasteiger partial charge in [0.15, 0.2) is 0 Å². The van der Waals surface area contributed by atoms with Gasteiger partial charge in [-0.3, -0.25) is 4.79 Å². The van der Waals surface area contributed by atoms with Gasteiger partial charge < -0.3 is 10.2 Å². The van der Waals surface area contributed by atoms with E-state index >= 15 is 0 Å². The van der Waals surface area contributed by atoms with Crippen molar-refractivity contribution in [1.29, 1.82) is 0 Å². The average molecular weight is 210 g/mol. The molecule has 3 heteroatoms. The van der Waals surface area contributed by atoms with Crippen LogP contribution in [0.5, 0.6) is 0 Å². The van der Waals surface area contributed by atoms with Crippen molar-refractivity contribution in [3.8, 4) is 0 Å². The van der Waals surface area contributed by atoms with Crippen LogP contribution < -0.4 is 0 Å². The van der Waals surface area contributed by atoms with E-state index in [1.165, 1.54) is 12.7 Å². The molecule has 0 fully saturated rings. The smallest absolute Gasteiger partial charge is 0.305 e. The number of carbonyl (C=O) groups is 1. The second-order valence-electron chi connectivity index (χ2n) is 3.27. The van der Waals surface area contributed by atoms with Crippen LogP contribution in [0.4, 0.5) is 0 Å². The zero-order chi connectivity index (χ0) is 10.2. The van der Waals surface area contributed by atoms with E-state index in [1.807, 2.05) is 18.2 Å². The highest BCUT2D eigenvalue weighted by Crippen LogP contribution is 2.06. The first-order chi connectivity index (χ1) is 6.83. The Balaban J connectivity index is 0.00000196. The molecule has 0 aliphatic rings. The average Bonchev–Trinajstić information content (AvgIpc) is 2.25. The van der Waals surface area contributed by atoms with Gasteiger partial charge in [0.05, 0.1) is 7.11 Å². The van der Waals surface area contributed by atoms with Gasteiger partial charge >= 0.3 is 5.97 Å². The van der Waals surface area contributed by atoms with Crippen molar-refractivity contribution in [2.45, 2.75) is 25.7 Å². The first kappa shape index (κ1) is 13.7. The van der Waals surface area contributed by atoms with Crippen LogP contribution in [0, 0.1) is 0 Å². The van der Waals surface area contributed by atoms with E-state index < -0.39 is 0 Å². The minimum atomic E-state index is -0.113. The molecule has 0 aliphatic carbocycles. The van der Waals surface area contributed by atoms with E-state index in [4.69, 9.17) is 0 Å². The van der Waals surface area contributed by atoms with Crippen LogP contribution in [0.3, 0.4) is 0 Å². The van der Waals surface area contributed by atoms with Gasteiger partial charge in [0.2, 0.25) is 0 Å². The van der Waals surface area contributed by atoms with E-state index in [-0.39, 0.29) is 11.4 Å². The van der Waals surface area contributed by atoms with Crippen LogP contribution in [-0.2, 0) is 16.0 Å². The zero-order valence-electron chi connectivity index (χ0n) is 9.03. The Labute approximate surface area is 90.4 Å². The Morgan fingerprint density at radius 2 is 1.87 bits per heavy atom. The highest BCUT2D eigenvalue weighted by atomic mass is 16.5. The maximum absolute atomic E-state index is 10.8. The van der Waals surface area contributed by atoms with Crippen molar-refractivity contribution in [2.24, 2.45) is 0 Å². The van der Waals surface area contributed by atoms with Gasteiger partial charge in [-0.2, -0.15) is 0 Å². The van der Waals surface area contributed by atoms with Crippen LogP contribution in [0.1, 0.15) is 24.8 Å². The Morgan fingerprint density at radius 3 is 2.47 bits per heavy atom. The lowest BCUT2D eigenvalue weighted by Gasteiger charge is -2.00. The number of methoxy groups -OCH3 is 1. The van der Waals surface area contributed by atoms with Crippen LogP contribution in [0.25, 0.3) is 0 Å². The van der Waals surface area contributed by atoms with E-state index in [0.29, 0.717) is 6.42 Å². The summed E-state index contributed by atoms with van der Waals surface area (Å²) in [6.45, 7) is 0. The van der Waals surface area contributed by atoms with Crippen LogP contribution in [0.2, 0.25) is 0 Å². The molecule has 1 rings (SSSR count). The van der Waals surface area contributed by atoms with E-state index in [0.717, 1.165) is 19.3 Å². The third kappa shape index (κ3) is 5.86. The Kier molecular flexibility index (Phi) is 7.28. The second-order valence-corrected chi connectivity index (χ2v) is 3.27. The fourth-order valence-electron chi connectivity index (χ4n) is 1.35. The monoisotopic (exact) mass is 210 g/mol. The van der Waals surface area contributed by atoms with Gasteiger partial charge in [0.1, 0.15) is 0 Å². The van der Waals surface area contributed by atoms with Crippen LogP contribution in [0.15, 0.2) is 30.3 Å². The Morgan fingerprint density at radius 1 is 1.20 bits per heavy atom. The third-order valence-corrected chi connectivity index (χ3v) is 2.17. The molecule has 0 radical (unpaired) electrons. The van der Waals surface area contributed by atoms with Crippen LogP contribution in [-0.4, -0.2) is 18.6 Å². The largest absolute Gasteiger partial charge is 0.469 e. The molecule has 3 nitrogen and oxygen atoms in total. The number of esters is 1. The molecule has 0 aromatic heterocycles. The van der Waals surface area contributed by atoms with Crippen molar-refractivity contribution in [3.05, 3.63) is 35.9 Å². The Hall–Kier alpha value is -1.35. The number of rotatable bonds is 5. The van der Waals surface area contributed by atoms with Crippen molar-refractivity contribution < 1.29 is 15.0 Å². The number of unbranched alkanes of at least 4 members (excludes halogenated alkanes) is 1. The van der Waals surface area contributed by atoms with Gasteiger partial charge in [-0.05, 0) is 24.8 Å². The van der Waals surface area contributed by atoms with Gasteiger partial charge in [0, 0.05) is 6.42 Å². The molecule has 15 heavy (non-hydrogen) atoms. The minimum absolute atomic E-state index is 0. The second kappa shape index (κ2) is 8.00. The molecule has 84 valence electrons. The molecule has 1 aromatic rings. The molecular formula is C12H18O3. The van der Waals surface area contributed by atoms with Gasteiger partial charge in [-0.1, -0.05) is 30.3 Å². The van der Waals surface area contributed by atoms with Gasteiger partial charge in [-0.15, -0.1) is 0 Å². The number of benzene rings is 1. The molecule has 0 saturated carbocycles.